The van der Waals surface area contributed by atoms with Crippen LogP contribution in [0.1, 0.15) is 32.3 Å². The molecule has 2 radical (unpaired) electrons. The van der Waals surface area contributed by atoms with E-state index in [1.807, 2.05) is 44.2 Å². The molecule has 1 heterocycles. The first-order chi connectivity index (χ1) is 14.8. The van der Waals surface area contributed by atoms with Crippen LogP contribution in [0.5, 0.6) is 0 Å². The quantitative estimate of drug-likeness (QED) is 0.0332. The summed E-state index contributed by atoms with van der Waals surface area (Å²) in [6, 6.07) is 9.04. The number of rotatable bonds is 13. The van der Waals surface area contributed by atoms with Gasteiger partial charge in [-0.25, -0.2) is 0 Å². The van der Waals surface area contributed by atoms with Gasteiger partial charge in [-0.2, -0.15) is 0 Å². The zero-order valence-corrected chi connectivity index (χ0v) is 26.5. The Morgan fingerprint density at radius 2 is 2.09 bits per heavy atom. The summed E-state index contributed by atoms with van der Waals surface area (Å²) in [7, 11) is 0. The number of halogens is 1. The minimum absolute atomic E-state index is 0. The number of nitrogens with one attached hydrogen (secondary N) is 3. The fraction of sp³-hybridized carbons (Fsp3) is 0.550. The van der Waals surface area contributed by atoms with Crippen LogP contribution in [0.15, 0.2) is 35.3 Å². The van der Waals surface area contributed by atoms with Crippen molar-refractivity contribution in [3.63, 3.8) is 0 Å². The average molecular weight is 995 g/mol. The number of hydrogen-bond acceptors (Lipinski definition) is 6. The van der Waals surface area contributed by atoms with Gasteiger partial charge in [-0.05, 0) is 0 Å². The minimum Gasteiger partial charge on any atom is -0.0622 e. The number of ether oxygens (including phenoxy) is 2. The SMILES string of the molecule is CC(C)(OC(=O)C(CCCN=C(N)[NH][Pb][I])NC1(CN[C-]=O)COC1)c1ccccc1.[Fm]. The Bertz CT molecular complexity index is 753. The summed E-state index contributed by atoms with van der Waals surface area (Å²) >= 11 is 1.46. The molecule has 1 fully saturated rings. The number of nitrogens with zero attached hydrogens (tertiary/aromatic N) is 1. The van der Waals surface area contributed by atoms with Gasteiger partial charge in [0.15, 0.2) is 0 Å². The number of nitrogens with two attached hydrogens (primary N) is 1. The van der Waals surface area contributed by atoms with Crippen molar-refractivity contribution < 1.29 is 19.1 Å². The second-order valence-electron chi connectivity index (χ2n) is 7.85. The van der Waals surface area contributed by atoms with Gasteiger partial charge in [0, 0.05) is 0 Å². The van der Waals surface area contributed by atoms with Crippen LogP contribution in [0.2, 0.25) is 0 Å². The van der Waals surface area contributed by atoms with Crippen LogP contribution < -0.4 is 19.5 Å². The molecule has 182 valence electrons. The van der Waals surface area contributed by atoms with Crippen LogP contribution >= 0.6 is 17.8 Å². The van der Waals surface area contributed by atoms with Crippen LogP contribution in [-0.2, 0) is 24.7 Å². The van der Waals surface area contributed by atoms with Crippen LogP contribution in [0.25, 0.3) is 0 Å². The predicted octanol–water partition coefficient (Wildman–Crippen LogP) is 0.503. The van der Waals surface area contributed by atoms with Crippen molar-refractivity contribution in [3.8, 4) is 0 Å². The average Bonchev–Trinajstić information content (AvgIpc) is 2.72. The van der Waals surface area contributed by atoms with Gasteiger partial charge in [0.05, 0.1) is 0 Å². The molecule has 0 bridgehead atoms. The number of esters is 1. The van der Waals surface area contributed by atoms with Crippen LogP contribution in [0.3, 0.4) is 0 Å². The maximum absolute atomic E-state index is 13.2. The fourth-order valence-corrected chi connectivity index (χ4v) is 6.32. The fourth-order valence-electron chi connectivity index (χ4n) is 3.21. The number of benzene rings is 1. The monoisotopic (exact) mass is 995 g/mol. The van der Waals surface area contributed by atoms with Crippen molar-refractivity contribution in [1.29, 1.82) is 0 Å². The van der Waals surface area contributed by atoms with Gasteiger partial charge in [-0.1, -0.05) is 18.2 Å². The molecule has 1 atom stereocenters. The molecule has 1 aliphatic heterocycles. The van der Waals surface area contributed by atoms with E-state index in [0.717, 1.165) is 5.56 Å². The molecule has 1 saturated heterocycles. The number of carbonyl (C=O) groups is 1. The van der Waals surface area contributed by atoms with Gasteiger partial charge in [-0.3, -0.25) is 0 Å². The Hall–Kier alpha value is -2.00. The molecule has 1 aromatic rings. The summed E-state index contributed by atoms with van der Waals surface area (Å²) in [5.41, 5.74) is 5.42. The van der Waals surface area contributed by atoms with E-state index < -0.39 is 37.4 Å². The Morgan fingerprint density at radius 1 is 1.41 bits per heavy atom. The Kier molecular flexibility index (Phi) is 11.9. The molecule has 1 unspecified atom stereocenters. The zero-order valence-electron chi connectivity index (χ0n) is 18.0. The van der Waals surface area contributed by atoms with Gasteiger partial charge >= 0.3 is 183 Å². The number of amides is 1. The molecule has 1 amide bonds. The molecule has 1 aliphatic rings. The first kappa shape index (κ1) is 28.0. The summed E-state index contributed by atoms with van der Waals surface area (Å²) in [5.74, 6) is 0.109. The van der Waals surface area contributed by atoms with E-state index in [2.05, 4.69) is 36.5 Å². The third kappa shape index (κ3) is 8.50. The molecule has 0 aromatic heterocycles. The first-order valence-electron chi connectivity index (χ1n) is 9.97. The molecule has 5 N–H and O–H groups in total. The summed E-state index contributed by atoms with van der Waals surface area (Å²) < 4.78 is 14.4. The molecule has 0 aliphatic carbocycles. The van der Waals surface area contributed by atoms with E-state index in [9.17, 15) is 9.59 Å². The van der Waals surface area contributed by atoms with Gasteiger partial charge in [-0.15, -0.1) is 0 Å². The Balaban J connectivity index is 0.00000512. The van der Waals surface area contributed by atoms with Gasteiger partial charge in [0.1, 0.15) is 0 Å². The van der Waals surface area contributed by atoms with E-state index in [1.54, 1.807) is 6.41 Å². The number of hydrogen-bond donors (Lipinski definition) is 4. The summed E-state index contributed by atoms with van der Waals surface area (Å²) in [4.78, 5) is 28.1. The number of carbonyl (C=O) groups excluding carboxylic acids is 2. The zero-order chi connectivity index (χ0) is 22.7. The van der Waals surface area contributed by atoms with E-state index in [1.165, 1.54) is 0 Å². The van der Waals surface area contributed by atoms with Crippen molar-refractivity contribution in [2.45, 2.75) is 43.9 Å². The third-order valence-corrected chi connectivity index (χ3v) is 8.68. The molecule has 0 saturated carbocycles. The Labute approximate surface area is 204 Å². The predicted molar refractivity (Wildman–Crippen MR) is 128 cm³/mol. The van der Waals surface area contributed by atoms with Crippen molar-refractivity contribution >= 4 is 56.3 Å². The molecule has 9 nitrogen and oxygen atoms in total. The van der Waals surface area contributed by atoms with Crippen molar-refractivity contribution in [2.24, 2.45) is 10.7 Å². The minimum atomic E-state index is -0.887. The van der Waals surface area contributed by atoms with E-state index in [-0.39, 0.29) is 5.97 Å². The van der Waals surface area contributed by atoms with Gasteiger partial charge in [0.25, 0.3) is 0 Å². The smallest absolute Gasteiger partial charge is 0.0622 e. The molecule has 2 rings (SSSR count). The van der Waals surface area contributed by atoms with Crippen LogP contribution in [-0.4, -0.2) is 76.5 Å². The van der Waals surface area contributed by atoms with E-state index >= 15 is 0 Å². The molecular formula is C20H29FmIN5O4Pb-. The standard InChI is InChI=1S/C20H29N5O4.Fm.HI.Pb/c1-19(2,15-7-4-3-5-8-15)29-17(27)16(9-6-10-24-18(21)22)25-20(11-23-14-26)12-28-13-20;;;/h3-5,7-8,16,25H,6,9-13H2,1-2H3,(H4-,21,22,23,24,26);;1H;/q-2;;;+2/p-1. The second-order valence-corrected chi connectivity index (χ2v) is 14.3. The molecule has 32 heavy (non-hydrogen) atoms. The topological polar surface area (TPSA) is 127 Å². The third-order valence-electron chi connectivity index (χ3n) is 4.95. The van der Waals surface area contributed by atoms with Crippen molar-refractivity contribution in [1.82, 2.24) is 13.8 Å². The van der Waals surface area contributed by atoms with Crippen LogP contribution in [0, 0.1) is 0 Å². The number of guanidine groups is 1. The molecular weight excluding hydrogens is 965 g/mol. The summed E-state index contributed by atoms with van der Waals surface area (Å²) in [5, 5.41) is 5.92. The summed E-state index contributed by atoms with van der Waals surface area (Å²) in [6.07, 6.45) is 2.85. The van der Waals surface area contributed by atoms with E-state index in [4.69, 9.17) is 15.2 Å². The van der Waals surface area contributed by atoms with E-state index in [0.29, 0.717) is 45.1 Å². The van der Waals surface area contributed by atoms with Gasteiger partial charge in [0.2, 0.25) is 0 Å². The molecule has 12 heteroatoms. The Morgan fingerprint density at radius 3 is 2.66 bits per heavy atom. The second kappa shape index (κ2) is 13.5. The summed E-state index contributed by atoms with van der Waals surface area (Å²) in [6.45, 7) is 5.36. The first-order valence-corrected chi connectivity index (χ1v) is 22.9. The van der Waals surface area contributed by atoms with Gasteiger partial charge < -0.3 is 4.79 Å². The van der Waals surface area contributed by atoms with Crippen molar-refractivity contribution in [3.05, 3.63) is 35.9 Å². The normalized spacial score (nSPS) is 16.2. The molecule has 0 spiro atoms. The maximum atomic E-state index is 13.2. The van der Waals surface area contributed by atoms with Crippen LogP contribution in [0.4, 0.5) is 0 Å². The molecule has 1 aromatic carbocycles. The number of aliphatic imine (C=N–C) groups is 1. The van der Waals surface area contributed by atoms with Crippen molar-refractivity contribution in [2.75, 3.05) is 26.3 Å².